The third kappa shape index (κ3) is 2.16. The van der Waals surface area contributed by atoms with Gasteiger partial charge in [-0.05, 0) is 44.5 Å². The normalized spacial score (nSPS) is 17.6. The molecule has 1 aliphatic rings. The summed E-state index contributed by atoms with van der Waals surface area (Å²) in [6.45, 7) is 3.04. The van der Waals surface area contributed by atoms with Gasteiger partial charge in [0.15, 0.2) is 0 Å². The van der Waals surface area contributed by atoms with Crippen LogP contribution in [0.4, 0.5) is 0 Å². The molecule has 0 atom stereocenters. The van der Waals surface area contributed by atoms with Gasteiger partial charge in [-0.25, -0.2) is 0 Å². The van der Waals surface area contributed by atoms with Gasteiger partial charge in [0.2, 0.25) is 0 Å². The van der Waals surface area contributed by atoms with E-state index in [2.05, 4.69) is 18.3 Å². The van der Waals surface area contributed by atoms with Crippen LogP contribution in [0.3, 0.4) is 0 Å². The van der Waals surface area contributed by atoms with E-state index in [1.54, 1.807) is 7.11 Å². The van der Waals surface area contributed by atoms with E-state index in [-0.39, 0.29) is 5.41 Å². The van der Waals surface area contributed by atoms with E-state index in [4.69, 9.17) is 16.3 Å². The molecule has 1 N–H and O–H groups in total. The molecule has 0 bridgehead atoms. The van der Waals surface area contributed by atoms with Crippen LogP contribution in [0.5, 0.6) is 5.75 Å². The molecule has 0 unspecified atom stereocenters. The molecule has 1 saturated carbocycles. The highest BCUT2D eigenvalue weighted by Crippen LogP contribution is 2.48. The summed E-state index contributed by atoms with van der Waals surface area (Å²) in [6.07, 6.45) is 3.71. The van der Waals surface area contributed by atoms with Crippen molar-refractivity contribution in [3.05, 3.63) is 28.3 Å². The number of hydrogen-bond donors (Lipinski definition) is 1. The predicted octanol–water partition coefficient (Wildman–Crippen LogP) is 3.30. The summed E-state index contributed by atoms with van der Waals surface area (Å²) in [5, 5.41) is 4.11. The SMILES string of the molecule is CNCC1(c2cc(Cl)cc(C)c2OC)CCC1. The summed E-state index contributed by atoms with van der Waals surface area (Å²) >= 11 is 6.19. The summed E-state index contributed by atoms with van der Waals surface area (Å²) in [6, 6.07) is 4.04. The van der Waals surface area contributed by atoms with Crippen molar-refractivity contribution in [3.8, 4) is 5.75 Å². The first-order valence-electron chi connectivity index (χ1n) is 6.12. The van der Waals surface area contributed by atoms with Gasteiger partial charge in [-0.1, -0.05) is 18.0 Å². The number of halogens is 1. The van der Waals surface area contributed by atoms with Gasteiger partial charge in [0.05, 0.1) is 7.11 Å². The van der Waals surface area contributed by atoms with Crippen LogP contribution >= 0.6 is 11.6 Å². The highest BCUT2D eigenvalue weighted by atomic mass is 35.5. The van der Waals surface area contributed by atoms with Gasteiger partial charge in [0.25, 0.3) is 0 Å². The van der Waals surface area contributed by atoms with E-state index in [1.807, 2.05) is 13.1 Å². The van der Waals surface area contributed by atoms with Gasteiger partial charge >= 0.3 is 0 Å². The lowest BCUT2D eigenvalue weighted by Crippen LogP contribution is -2.43. The highest BCUT2D eigenvalue weighted by Gasteiger charge is 2.40. The Bertz CT molecular complexity index is 413. The third-order valence-corrected chi connectivity index (χ3v) is 4.06. The number of ether oxygens (including phenoxy) is 1. The molecule has 0 spiro atoms. The summed E-state index contributed by atoms with van der Waals surface area (Å²) in [7, 11) is 3.75. The first kappa shape index (κ1) is 12.7. The van der Waals surface area contributed by atoms with Crippen molar-refractivity contribution in [2.24, 2.45) is 0 Å². The topological polar surface area (TPSA) is 21.3 Å². The highest BCUT2D eigenvalue weighted by molar-refractivity contribution is 6.30. The fourth-order valence-corrected chi connectivity index (χ4v) is 3.15. The molecular weight excluding hydrogens is 234 g/mol. The van der Waals surface area contributed by atoms with Gasteiger partial charge in [-0.15, -0.1) is 0 Å². The fraction of sp³-hybridized carbons (Fsp3) is 0.571. The maximum atomic E-state index is 6.19. The minimum Gasteiger partial charge on any atom is -0.496 e. The van der Waals surface area contributed by atoms with E-state index >= 15 is 0 Å². The van der Waals surface area contributed by atoms with E-state index in [1.165, 1.54) is 24.8 Å². The van der Waals surface area contributed by atoms with Crippen molar-refractivity contribution in [3.63, 3.8) is 0 Å². The van der Waals surface area contributed by atoms with Crippen LogP contribution in [0.1, 0.15) is 30.4 Å². The molecule has 0 saturated heterocycles. The van der Waals surface area contributed by atoms with Gasteiger partial charge in [0.1, 0.15) is 5.75 Å². The third-order valence-electron chi connectivity index (χ3n) is 3.84. The Morgan fingerprint density at radius 2 is 2.12 bits per heavy atom. The molecule has 2 nitrogen and oxygen atoms in total. The fourth-order valence-electron chi connectivity index (χ4n) is 2.88. The maximum absolute atomic E-state index is 6.19. The molecule has 0 amide bonds. The number of hydrogen-bond acceptors (Lipinski definition) is 2. The molecule has 3 heteroatoms. The lowest BCUT2D eigenvalue weighted by atomic mass is 9.64. The quantitative estimate of drug-likeness (QED) is 0.889. The van der Waals surface area contributed by atoms with E-state index in [9.17, 15) is 0 Å². The average Bonchev–Trinajstić information content (AvgIpc) is 2.22. The second-order valence-corrected chi connectivity index (χ2v) is 5.40. The molecule has 0 aromatic heterocycles. The first-order chi connectivity index (χ1) is 8.13. The molecule has 1 aliphatic carbocycles. The van der Waals surface area contributed by atoms with Gasteiger partial charge in [0, 0.05) is 22.5 Å². The second-order valence-electron chi connectivity index (χ2n) is 4.97. The zero-order valence-corrected chi connectivity index (χ0v) is 11.5. The molecule has 1 aromatic rings. The molecule has 1 fully saturated rings. The van der Waals surface area contributed by atoms with E-state index < -0.39 is 0 Å². The van der Waals surface area contributed by atoms with Crippen molar-refractivity contribution in [2.45, 2.75) is 31.6 Å². The number of benzene rings is 1. The maximum Gasteiger partial charge on any atom is 0.125 e. The standard InChI is InChI=1S/C14H20ClNO/c1-10-7-11(15)8-12(13(10)17-3)14(9-16-2)5-4-6-14/h7-8,16H,4-6,9H2,1-3H3. The van der Waals surface area contributed by atoms with Crippen LogP contribution < -0.4 is 10.1 Å². The Morgan fingerprint density at radius 1 is 1.41 bits per heavy atom. The van der Waals surface area contributed by atoms with Crippen LogP contribution in [0.2, 0.25) is 5.02 Å². The van der Waals surface area contributed by atoms with Crippen LogP contribution in [0, 0.1) is 6.92 Å². The molecule has 0 radical (unpaired) electrons. The number of rotatable bonds is 4. The van der Waals surface area contributed by atoms with Crippen molar-refractivity contribution < 1.29 is 4.74 Å². The molecule has 0 aliphatic heterocycles. The number of aryl methyl sites for hydroxylation is 1. The average molecular weight is 254 g/mol. The lowest BCUT2D eigenvalue weighted by Gasteiger charge is -2.43. The Hall–Kier alpha value is -0.730. The molecule has 0 heterocycles. The summed E-state index contributed by atoms with van der Waals surface area (Å²) < 4.78 is 5.57. The Morgan fingerprint density at radius 3 is 2.59 bits per heavy atom. The minimum absolute atomic E-state index is 0.218. The minimum atomic E-state index is 0.218. The van der Waals surface area contributed by atoms with E-state index in [0.717, 1.165) is 22.9 Å². The largest absolute Gasteiger partial charge is 0.496 e. The Kier molecular flexibility index (Phi) is 3.64. The molecule has 2 rings (SSSR count). The van der Waals surface area contributed by atoms with Gasteiger partial charge in [-0.2, -0.15) is 0 Å². The van der Waals surface area contributed by atoms with E-state index in [0.29, 0.717) is 0 Å². The van der Waals surface area contributed by atoms with Crippen molar-refractivity contribution >= 4 is 11.6 Å². The van der Waals surface area contributed by atoms with Gasteiger partial charge in [-0.3, -0.25) is 0 Å². The van der Waals surface area contributed by atoms with Crippen molar-refractivity contribution in [2.75, 3.05) is 20.7 Å². The summed E-state index contributed by atoms with van der Waals surface area (Å²) in [4.78, 5) is 0. The lowest BCUT2D eigenvalue weighted by molar-refractivity contribution is 0.230. The summed E-state index contributed by atoms with van der Waals surface area (Å²) in [5.41, 5.74) is 2.61. The smallest absolute Gasteiger partial charge is 0.125 e. The van der Waals surface area contributed by atoms with Crippen LogP contribution in [-0.4, -0.2) is 20.7 Å². The first-order valence-corrected chi connectivity index (χ1v) is 6.50. The molecule has 17 heavy (non-hydrogen) atoms. The zero-order chi connectivity index (χ0) is 12.5. The van der Waals surface area contributed by atoms with Gasteiger partial charge < -0.3 is 10.1 Å². The van der Waals surface area contributed by atoms with Crippen LogP contribution in [0.25, 0.3) is 0 Å². The number of nitrogens with one attached hydrogen (secondary N) is 1. The predicted molar refractivity (Wildman–Crippen MR) is 72.2 cm³/mol. The van der Waals surface area contributed by atoms with Crippen LogP contribution in [0.15, 0.2) is 12.1 Å². The van der Waals surface area contributed by atoms with Crippen LogP contribution in [-0.2, 0) is 5.41 Å². The zero-order valence-electron chi connectivity index (χ0n) is 10.8. The molecule has 1 aromatic carbocycles. The number of likely N-dealkylation sites (N-methyl/N-ethyl adjacent to an activating group) is 1. The number of methoxy groups -OCH3 is 1. The molecular formula is C14H20ClNO. The molecule has 94 valence electrons. The Labute approximate surface area is 108 Å². The second kappa shape index (κ2) is 4.87. The monoisotopic (exact) mass is 253 g/mol. The Balaban J connectivity index is 2.49. The van der Waals surface area contributed by atoms with Crippen molar-refractivity contribution in [1.29, 1.82) is 0 Å². The summed E-state index contributed by atoms with van der Waals surface area (Å²) in [5.74, 6) is 1.00. The van der Waals surface area contributed by atoms with Crippen molar-refractivity contribution in [1.82, 2.24) is 5.32 Å².